The molecule has 2 aromatic rings. The Hall–Kier alpha value is -2.44. The van der Waals surface area contributed by atoms with Gasteiger partial charge < -0.3 is 10.4 Å². The summed E-state index contributed by atoms with van der Waals surface area (Å²) in [4.78, 5) is 18.6. The number of nitrogens with one attached hydrogen (secondary N) is 2. The quantitative estimate of drug-likeness (QED) is 0.780. The lowest BCUT2D eigenvalue weighted by Gasteiger charge is -2.14. The minimum Gasteiger partial charge on any atom is -0.477 e. The van der Waals surface area contributed by atoms with E-state index in [1.807, 2.05) is 6.07 Å². The molecule has 0 saturated heterocycles. The van der Waals surface area contributed by atoms with Crippen LogP contribution in [0.4, 0.5) is 11.8 Å². The molecule has 19 heavy (non-hydrogen) atoms. The molecule has 2 heterocycles. The van der Waals surface area contributed by atoms with Crippen LogP contribution in [0.2, 0.25) is 0 Å². The Morgan fingerprint density at radius 3 is 2.74 bits per heavy atom. The van der Waals surface area contributed by atoms with Gasteiger partial charge in [-0.25, -0.2) is 14.8 Å². The van der Waals surface area contributed by atoms with E-state index < -0.39 is 5.97 Å². The summed E-state index contributed by atoms with van der Waals surface area (Å²) in [5, 5.41) is 18.7. The molecule has 0 atom stereocenters. The summed E-state index contributed by atoms with van der Waals surface area (Å²) in [5.41, 5.74) is 0.852. The fourth-order valence-corrected chi connectivity index (χ4v) is 1.42. The predicted octanol–water partition coefficient (Wildman–Crippen LogP) is 1.94. The van der Waals surface area contributed by atoms with E-state index in [9.17, 15) is 4.79 Å². The standard InChI is InChI=1S/C12H15N5O2/c1-12(2,3)8-6-9(17-16-8)15-11-13-5-4-7(14-11)10(18)19/h4-6H,1-3H3,(H,18,19)(H2,13,14,15,16,17). The second-order valence-electron chi connectivity index (χ2n) is 5.11. The van der Waals surface area contributed by atoms with E-state index >= 15 is 0 Å². The van der Waals surface area contributed by atoms with E-state index in [4.69, 9.17) is 5.11 Å². The molecule has 7 nitrogen and oxygen atoms in total. The number of aromatic carboxylic acids is 1. The number of hydrogen-bond acceptors (Lipinski definition) is 5. The van der Waals surface area contributed by atoms with Gasteiger partial charge in [0.05, 0.1) is 0 Å². The molecule has 0 aliphatic carbocycles. The number of anilines is 2. The lowest BCUT2D eigenvalue weighted by atomic mass is 9.92. The molecule has 2 aromatic heterocycles. The molecule has 0 amide bonds. The zero-order valence-corrected chi connectivity index (χ0v) is 10.9. The van der Waals surface area contributed by atoms with Gasteiger partial charge in [-0.05, 0) is 6.07 Å². The van der Waals surface area contributed by atoms with E-state index in [-0.39, 0.29) is 17.1 Å². The first-order chi connectivity index (χ1) is 8.86. The predicted molar refractivity (Wildman–Crippen MR) is 69.6 cm³/mol. The number of carboxylic acids is 1. The Kier molecular flexibility index (Phi) is 3.20. The molecule has 0 aromatic carbocycles. The lowest BCUT2D eigenvalue weighted by molar-refractivity contribution is 0.0690. The van der Waals surface area contributed by atoms with Gasteiger partial charge in [0.1, 0.15) is 0 Å². The van der Waals surface area contributed by atoms with Crippen molar-refractivity contribution in [3.8, 4) is 0 Å². The molecule has 0 aliphatic rings. The number of H-pyrrole nitrogens is 1. The van der Waals surface area contributed by atoms with Crippen molar-refractivity contribution in [1.29, 1.82) is 0 Å². The molecule has 0 radical (unpaired) electrons. The number of carboxylic acid groups (broad SMARTS) is 1. The summed E-state index contributed by atoms with van der Waals surface area (Å²) in [5.74, 6) is -0.345. The normalized spacial score (nSPS) is 11.3. The third-order valence-corrected chi connectivity index (χ3v) is 2.50. The van der Waals surface area contributed by atoms with Crippen LogP contribution >= 0.6 is 0 Å². The molecular formula is C12H15N5O2. The fourth-order valence-electron chi connectivity index (χ4n) is 1.42. The first-order valence-electron chi connectivity index (χ1n) is 5.75. The highest BCUT2D eigenvalue weighted by molar-refractivity contribution is 5.85. The highest BCUT2D eigenvalue weighted by Crippen LogP contribution is 2.22. The Balaban J connectivity index is 2.19. The van der Waals surface area contributed by atoms with E-state index in [2.05, 4.69) is 46.3 Å². The Labute approximate surface area is 110 Å². The van der Waals surface area contributed by atoms with Gasteiger partial charge in [-0.3, -0.25) is 5.10 Å². The Morgan fingerprint density at radius 1 is 1.42 bits per heavy atom. The van der Waals surface area contributed by atoms with Crippen molar-refractivity contribution in [3.05, 3.63) is 29.7 Å². The van der Waals surface area contributed by atoms with Crippen LogP contribution in [0.5, 0.6) is 0 Å². The summed E-state index contributed by atoms with van der Waals surface area (Å²) in [6, 6.07) is 3.18. The second-order valence-corrected chi connectivity index (χ2v) is 5.11. The summed E-state index contributed by atoms with van der Waals surface area (Å²) in [6.45, 7) is 6.18. The van der Waals surface area contributed by atoms with Crippen LogP contribution in [-0.2, 0) is 5.41 Å². The van der Waals surface area contributed by atoms with Gasteiger partial charge in [0, 0.05) is 23.4 Å². The molecule has 0 unspecified atom stereocenters. The maximum absolute atomic E-state index is 10.8. The van der Waals surface area contributed by atoms with E-state index in [1.54, 1.807) is 0 Å². The molecule has 0 bridgehead atoms. The van der Waals surface area contributed by atoms with Crippen molar-refractivity contribution in [2.75, 3.05) is 5.32 Å². The SMILES string of the molecule is CC(C)(C)c1cc(Nc2nccc(C(=O)O)n2)n[nH]1. The summed E-state index contributed by atoms with van der Waals surface area (Å²) in [6.07, 6.45) is 1.39. The number of nitrogens with zero attached hydrogens (tertiary/aromatic N) is 3. The van der Waals surface area contributed by atoms with Crippen molar-refractivity contribution < 1.29 is 9.90 Å². The molecule has 0 fully saturated rings. The third kappa shape index (κ3) is 3.06. The monoisotopic (exact) mass is 261 g/mol. The van der Waals surface area contributed by atoms with Crippen molar-refractivity contribution in [1.82, 2.24) is 20.2 Å². The van der Waals surface area contributed by atoms with Crippen LogP contribution in [0.15, 0.2) is 18.3 Å². The molecule has 0 aliphatic heterocycles. The van der Waals surface area contributed by atoms with Crippen molar-refractivity contribution in [2.24, 2.45) is 0 Å². The molecular weight excluding hydrogens is 246 g/mol. The van der Waals surface area contributed by atoms with Crippen LogP contribution in [0.3, 0.4) is 0 Å². The smallest absolute Gasteiger partial charge is 0.354 e. The summed E-state index contributed by atoms with van der Waals surface area (Å²) >= 11 is 0. The van der Waals surface area contributed by atoms with Crippen molar-refractivity contribution >= 4 is 17.7 Å². The maximum atomic E-state index is 10.8. The minimum absolute atomic E-state index is 0.0449. The number of hydrogen-bond donors (Lipinski definition) is 3. The number of aromatic nitrogens is 4. The fraction of sp³-hybridized carbons (Fsp3) is 0.333. The third-order valence-electron chi connectivity index (χ3n) is 2.50. The van der Waals surface area contributed by atoms with Gasteiger partial charge in [-0.1, -0.05) is 20.8 Å². The lowest BCUT2D eigenvalue weighted by Crippen LogP contribution is -2.11. The zero-order valence-electron chi connectivity index (χ0n) is 10.9. The van der Waals surface area contributed by atoms with Gasteiger partial charge in [0.15, 0.2) is 11.5 Å². The highest BCUT2D eigenvalue weighted by atomic mass is 16.4. The zero-order chi connectivity index (χ0) is 14.0. The average molecular weight is 261 g/mol. The molecule has 0 saturated carbocycles. The van der Waals surface area contributed by atoms with E-state index in [0.29, 0.717) is 5.82 Å². The topological polar surface area (TPSA) is 104 Å². The van der Waals surface area contributed by atoms with E-state index in [1.165, 1.54) is 12.3 Å². The van der Waals surface area contributed by atoms with Gasteiger partial charge in [-0.2, -0.15) is 5.10 Å². The summed E-state index contributed by atoms with van der Waals surface area (Å²) in [7, 11) is 0. The number of rotatable bonds is 3. The molecule has 2 rings (SSSR count). The average Bonchev–Trinajstić information content (AvgIpc) is 2.77. The van der Waals surface area contributed by atoms with Crippen LogP contribution in [-0.4, -0.2) is 31.2 Å². The van der Waals surface area contributed by atoms with Crippen LogP contribution in [0, 0.1) is 0 Å². The van der Waals surface area contributed by atoms with Gasteiger partial charge in [-0.15, -0.1) is 0 Å². The highest BCUT2D eigenvalue weighted by Gasteiger charge is 2.17. The molecule has 0 spiro atoms. The molecule has 7 heteroatoms. The van der Waals surface area contributed by atoms with Gasteiger partial charge in [0.2, 0.25) is 5.95 Å². The first kappa shape index (κ1) is 13.0. The van der Waals surface area contributed by atoms with Crippen LogP contribution in [0.25, 0.3) is 0 Å². The Bertz CT molecular complexity index is 600. The number of carbonyl (C=O) groups is 1. The van der Waals surface area contributed by atoms with Crippen molar-refractivity contribution in [2.45, 2.75) is 26.2 Å². The van der Waals surface area contributed by atoms with E-state index in [0.717, 1.165) is 5.69 Å². The molecule has 100 valence electrons. The van der Waals surface area contributed by atoms with Crippen molar-refractivity contribution in [3.63, 3.8) is 0 Å². The molecule has 3 N–H and O–H groups in total. The number of aromatic amines is 1. The Morgan fingerprint density at radius 2 is 2.16 bits per heavy atom. The van der Waals surface area contributed by atoms with Crippen LogP contribution in [0.1, 0.15) is 37.0 Å². The minimum atomic E-state index is -1.09. The first-order valence-corrected chi connectivity index (χ1v) is 5.75. The largest absolute Gasteiger partial charge is 0.477 e. The summed E-state index contributed by atoms with van der Waals surface area (Å²) < 4.78 is 0. The van der Waals surface area contributed by atoms with Gasteiger partial charge in [0.25, 0.3) is 0 Å². The maximum Gasteiger partial charge on any atom is 0.354 e. The second kappa shape index (κ2) is 4.68. The van der Waals surface area contributed by atoms with Gasteiger partial charge >= 0.3 is 5.97 Å². The van der Waals surface area contributed by atoms with Crippen LogP contribution < -0.4 is 5.32 Å².